The van der Waals surface area contributed by atoms with Gasteiger partial charge >= 0.3 is 0 Å². The van der Waals surface area contributed by atoms with Crippen LogP contribution in [-0.2, 0) is 16.0 Å². The van der Waals surface area contributed by atoms with E-state index in [1.165, 1.54) is 0 Å². The van der Waals surface area contributed by atoms with Gasteiger partial charge in [-0.15, -0.1) is 0 Å². The number of likely N-dealkylation sites (N-methyl/N-ethyl adjacent to an activating group) is 1. The van der Waals surface area contributed by atoms with Crippen LogP contribution < -0.4 is 0 Å². The van der Waals surface area contributed by atoms with Crippen molar-refractivity contribution in [2.45, 2.75) is 25.4 Å². The molecule has 0 aliphatic carbocycles. The third kappa shape index (κ3) is 4.00. The Morgan fingerprint density at radius 3 is 2.84 bits per heavy atom. The molecule has 1 aromatic rings. The van der Waals surface area contributed by atoms with Gasteiger partial charge < -0.3 is 19.5 Å². The Balaban J connectivity index is 2.02. The molecule has 1 N–H and O–H groups in total. The molecule has 0 saturated carbocycles. The fraction of sp³-hybridized carbons (Fsp3) is 0.750. The standard InChI is InChI=1S/C12H20BrN3O3/c1-15(2)3-4-16-12(9(13)8-14-16)10(17)7-11-18-5-6-19-11/h8,10-11,17H,3-7H2,1-2H3. The molecule has 1 aromatic heterocycles. The van der Waals surface area contributed by atoms with Crippen molar-refractivity contribution < 1.29 is 14.6 Å². The summed E-state index contributed by atoms with van der Waals surface area (Å²) in [6, 6.07) is 0. The number of rotatable bonds is 6. The Kier molecular flexibility index (Phi) is 5.35. The van der Waals surface area contributed by atoms with E-state index >= 15 is 0 Å². The molecule has 1 atom stereocenters. The minimum atomic E-state index is -0.651. The predicted molar refractivity (Wildman–Crippen MR) is 73.7 cm³/mol. The molecule has 108 valence electrons. The number of halogens is 1. The number of aliphatic hydroxyl groups excluding tert-OH is 1. The van der Waals surface area contributed by atoms with Crippen LogP contribution in [-0.4, -0.2) is 59.9 Å². The van der Waals surface area contributed by atoms with Crippen molar-refractivity contribution in [1.29, 1.82) is 0 Å². The van der Waals surface area contributed by atoms with E-state index in [1.54, 1.807) is 6.20 Å². The van der Waals surface area contributed by atoms with Gasteiger partial charge in [0, 0.05) is 13.0 Å². The lowest BCUT2D eigenvalue weighted by Crippen LogP contribution is -2.22. The van der Waals surface area contributed by atoms with Crippen LogP contribution in [0, 0.1) is 0 Å². The van der Waals surface area contributed by atoms with E-state index in [4.69, 9.17) is 9.47 Å². The van der Waals surface area contributed by atoms with E-state index in [9.17, 15) is 5.11 Å². The van der Waals surface area contributed by atoms with Gasteiger partial charge in [-0.25, -0.2) is 0 Å². The lowest BCUT2D eigenvalue weighted by atomic mass is 10.2. The summed E-state index contributed by atoms with van der Waals surface area (Å²) in [5.41, 5.74) is 0.779. The largest absolute Gasteiger partial charge is 0.387 e. The van der Waals surface area contributed by atoms with Gasteiger partial charge in [0.05, 0.1) is 36.1 Å². The lowest BCUT2D eigenvalue weighted by molar-refractivity contribution is -0.0720. The first-order chi connectivity index (χ1) is 9.08. The van der Waals surface area contributed by atoms with Crippen LogP contribution in [0.3, 0.4) is 0 Å². The molecule has 0 radical (unpaired) electrons. The highest BCUT2D eigenvalue weighted by Crippen LogP contribution is 2.28. The maximum absolute atomic E-state index is 10.3. The molecular formula is C12H20BrN3O3. The Morgan fingerprint density at radius 2 is 2.21 bits per heavy atom. The second-order valence-corrected chi connectivity index (χ2v) is 5.68. The molecule has 0 spiro atoms. The minimum absolute atomic E-state index is 0.320. The van der Waals surface area contributed by atoms with Crippen molar-refractivity contribution in [2.75, 3.05) is 33.9 Å². The highest BCUT2D eigenvalue weighted by atomic mass is 79.9. The summed E-state index contributed by atoms with van der Waals surface area (Å²) in [6.07, 6.45) is 1.16. The van der Waals surface area contributed by atoms with E-state index in [1.807, 2.05) is 18.8 Å². The van der Waals surface area contributed by atoms with Gasteiger partial charge in [0.25, 0.3) is 0 Å². The summed E-state index contributed by atoms with van der Waals surface area (Å²) in [7, 11) is 4.02. The Morgan fingerprint density at radius 1 is 1.53 bits per heavy atom. The summed E-state index contributed by atoms with van der Waals surface area (Å²) in [4.78, 5) is 2.08. The van der Waals surface area contributed by atoms with Gasteiger partial charge in [-0.2, -0.15) is 5.10 Å². The van der Waals surface area contributed by atoms with E-state index in [-0.39, 0.29) is 6.29 Å². The molecule has 2 rings (SSSR count). The second kappa shape index (κ2) is 6.81. The summed E-state index contributed by atoms with van der Waals surface area (Å²) in [6.45, 7) is 2.79. The van der Waals surface area contributed by atoms with Crippen molar-refractivity contribution in [1.82, 2.24) is 14.7 Å². The average Bonchev–Trinajstić information content (AvgIpc) is 2.96. The monoisotopic (exact) mass is 333 g/mol. The molecule has 0 amide bonds. The first-order valence-electron chi connectivity index (χ1n) is 6.35. The van der Waals surface area contributed by atoms with E-state index in [2.05, 4.69) is 25.9 Å². The molecule has 0 bridgehead atoms. The van der Waals surface area contributed by atoms with E-state index in [0.29, 0.717) is 19.6 Å². The van der Waals surface area contributed by atoms with Crippen molar-refractivity contribution >= 4 is 15.9 Å². The molecule has 1 fully saturated rings. The zero-order valence-corrected chi connectivity index (χ0v) is 12.8. The fourth-order valence-corrected chi connectivity index (χ4v) is 2.57. The highest BCUT2D eigenvalue weighted by molar-refractivity contribution is 9.10. The summed E-state index contributed by atoms with van der Waals surface area (Å²) >= 11 is 3.44. The Labute approximate surface area is 121 Å². The molecule has 2 heterocycles. The number of aliphatic hydroxyl groups is 1. The van der Waals surface area contributed by atoms with E-state index in [0.717, 1.165) is 23.3 Å². The number of ether oxygens (including phenoxy) is 2. The molecule has 6 nitrogen and oxygen atoms in total. The van der Waals surface area contributed by atoms with Gasteiger partial charge in [0.1, 0.15) is 6.10 Å². The first-order valence-corrected chi connectivity index (χ1v) is 7.14. The molecule has 1 unspecified atom stereocenters. The van der Waals surface area contributed by atoms with Crippen LogP contribution in [0.5, 0.6) is 0 Å². The minimum Gasteiger partial charge on any atom is -0.387 e. The molecule has 1 aliphatic rings. The average molecular weight is 334 g/mol. The highest BCUT2D eigenvalue weighted by Gasteiger charge is 2.25. The molecule has 7 heteroatoms. The zero-order valence-electron chi connectivity index (χ0n) is 11.3. The van der Waals surface area contributed by atoms with Crippen LogP contribution in [0.4, 0.5) is 0 Å². The number of hydrogen-bond donors (Lipinski definition) is 1. The van der Waals surface area contributed by atoms with Gasteiger partial charge in [0.2, 0.25) is 0 Å². The molecular weight excluding hydrogens is 314 g/mol. The van der Waals surface area contributed by atoms with Crippen LogP contribution in [0.25, 0.3) is 0 Å². The van der Waals surface area contributed by atoms with E-state index < -0.39 is 6.10 Å². The summed E-state index contributed by atoms with van der Waals surface area (Å²) in [5, 5.41) is 14.6. The quantitative estimate of drug-likeness (QED) is 0.841. The maximum atomic E-state index is 10.3. The first kappa shape index (κ1) is 14.9. The van der Waals surface area contributed by atoms with Gasteiger partial charge in [-0.05, 0) is 30.0 Å². The van der Waals surface area contributed by atoms with Gasteiger partial charge in [-0.1, -0.05) is 0 Å². The normalized spacial score (nSPS) is 18.4. The zero-order chi connectivity index (χ0) is 13.8. The smallest absolute Gasteiger partial charge is 0.160 e. The summed E-state index contributed by atoms with van der Waals surface area (Å²) in [5.74, 6) is 0. The molecule has 19 heavy (non-hydrogen) atoms. The number of aromatic nitrogens is 2. The lowest BCUT2D eigenvalue weighted by Gasteiger charge is -2.18. The topological polar surface area (TPSA) is 59.8 Å². The molecule has 1 aliphatic heterocycles. The van der Waals surface area contributed by atoms with Crippen molar-refractivity contribution in [2.24, 2.45) is 0 Å². The van der Waals surface area contributed by atoms with Crippen LogP contribution >= 0.6 is 15.9 Å². The van der Waals surface area contributed by atoms with Crippen molar-refractivity contribution in [3.8, 4) is 0 Å². The van der Waals surface area contributed by atoms with Crippen LogP contribution in [0.1, 0.15) is 18.2 Å². The number of nitrogens with zero attached hydrogens (tertiary/aromatic N) is 3. The molecule has 0 aromatic carbocycles. The van der Waals surface area contributed by atoms with Gasteiger partial charge in [0.15, 0.2) is 6.29 Å². The number of hydrogen-bond acceptors (Lipinski definition) is 5. The predicted octanol–water partition coefficient (Wildman–Crippen LogP) is 1.00. The Hall–Kier alpha value is -0.470. The van der Waals surface area contributed by atoms with Crippen LogP contribution in [0.2, 0.25) is 0 Å². The summed E-state index contributed by atoms with van der Waals surface area (Å²) < 4.78 is 13.4. The van der Waals surface area contributed by atoms with Crippen LogP contribution in [0.15, 0.2) is 10.7 Å². The Bertz CT molecular complexity index is 405. The third-order valence-electron chi connectivity index (χ3n) is 3.01. The fourth-order valence-electron chi connectivity index (χ4n) is 2.01. The SMILES string of the molecule is CN(C)CCn1ncc(Br)c1C(O)CC1OCCO1. The second-order valence-electron chi connectivity index (χ2n) is 4.83. The maximum Gasteiger partial charge on any atom is 0.160 e. The van der Waals surface area contributed by atoms with Gasteiger partial charge in [-0.3, -0.25) is 4.68 Å². The molecule has 1 saturated heterocycles. The van der Waals surface area contributed by atoms with Crippen molar-refractivity contribution in [3.63, 3.8) is 0 Å². The third-order valence-corrected chi connectivity index (χ3v) is 3.63. The van der Waals surface area contributed by atoms with Crippen molar-refractivity contribution in [3.05, 3.63) is 16.4 Å².